The molecule has 1 atom stereocenters. The molecule has 6 nitrogen and oxygen atoms in total. The summed E-state index contributed by atoms with van der Waals surface area (Å²) < 4.78 is 36.3. The van der Waals surface area contributed by atoms with Crippen LogP contribution in [0.25, 0.3) is 0 Å². The molecule has 0 aromatic heterocycles. The number of benzene rings is 1. The van der Waals surface area contributed by atoms with Crippen LogP contribution < -0.4 is 10.0 Å². The van der Waals surface area contributed by atoms with Gasteiger partial charge in [-0.1, -0.05) is 0 Å². The van der Waals surface area contributed by atoms with Gasteiger partial charge in [-0.15, -0.1) is 0 Å². The van der Waals surface area contributed by atoms with Gasteiger partial charge in [0.25, 0.3) is 0 Å². The zero-order valence-corrected chi connectivity index (χ0v) is 12.1. The Balaban J connectivity index is 2.08. The first-order valence-electron chi connectivity index (χ1n) is 6.56. The van der Waals surface area contributed by atoms with Crippen molar-refractivity contribution in [2.24, 2.45) is 11.1 Å². The fourth-order valence-electron chi connectivity index (χ4n) is 2.54. The van der Waals surface area contributed by atoms with Crippen molar-refractivity contribution < 1.29 is 22.7 Å². The van der Waals surface area contributed by atoms with Crippen molar-refractivity contribution in [1.82, 2.24) is 0 Å². The van der Waals surface area contributed by atoms with Gasteiger partial charge in [-0.25, -0.2) is 17.9 Å². The lowest BCUT2D eigenvalue weighted by Gasteiger charge is -2.19. The lowest BCUT2D eigenvalue weighted by Crippen LogP contribution is -2.21. The maximum Gasteiger partial charge on any atom is 0.303 e. The van der Waals surface area contributed by atoms with Crippen LogP contribution in [0, 0.1) is 11.7 Å². The van der Waals surface area contributed by atoms with E-state index in [2.05, 4.69) is 0 Å². The number of anilines is 1. The molecule has 1 aromatic rings. The second kappa shape index (κ2) is 5.98. The molecule has 1 unspecified atom stereocenters. The molecule has 0 saturated carbocycles. The monoisotopic (exact) mass is 316 g/mol. The maximum atomic E-state index is 14.0. The normalized spacial score (nSPS) is 19.0. The van der Waals surface area contributed by atoms with Crippen LogP contribution in [0.2, 0.25) is 0 Å². The minimum absolute atomic E-state index is 0.103. The van der Waals surface area contributed by atoms with Crippen molar-refractivity contribution in [2.45, 2.75) is 24.2 Å². The highest BCUT2D eigenvalue weighted by atomic mass is 32.2. The molecule has 1 saturated heterocycles. The Bertz CT molecular complexity index is 648. The Morgan fingerprint density at radius 2 is 2.19 bits per heavy atom. The predicted molar refractivity (Wildman–Crippen MR) is 75.0 cm³/mol. The van der Waals surface area contributed by atoms with Gasteiger partial charge < -0.3 is 10.0 Å². The van der Waals surface area contributed by atoms with E-state index >= 15 is 0 Å². The molecule has 0 bridgehead atoms. The standard InChI is InChI=1S/C13H17FN2O4S/c14-11-7-10(21(15,19)20)2-3-12(11)16-6-5-9(8-16)1-4-13(17)18/h2-3,7,9H,1,4-6,8H2,(H,17,18)(H2,15,19,20). The molecular weight excluding hydrogens is 299 g/mol. The zero-order valence-electron chi connectivity index (χ0n) is 11.3. The molecule has 1 heterocycles. The minimum atomic E-state index is -3.92. The van der Waals surface area contributed by atoms with Crippen LogP contribution in [0.3, 0.4) is 0 Å². The summed E-state index contributed by atoms with van der Waals surface area (Å²) in [4.78, 5) is 12.1. The average Bonchev–Trinajstić information content (AvgIpc) is 2.83. The second-order valence-electron chi connectivity index (χ2n) is 5.19. The van der Waals surface area contributed by atoms with Gasteiger partial charge >= 0.3 is 5.97 Å². The number of nitrogens with two attached hydrogens (primary N) is 1. The molecule has 0 aliphatic carbocycles. The van der Waals surface area contributed by atoms with E-state index in [-0.39, 0.29) is 17.2 Å². The molecule has 0 amide bonds. The summed E-state index contributed by atoms with van der Waals surface area (Å²) in [6.07, 6.45) is 1.46. The third-order valence-corrected chi connectivity index (χ3v) is 4.55. The van der Waals surface area contributed by atoms with Gasteiger partial charge in [-0.05, 0) is 37.0 Å². The Labute approximate surface area is 122 Å². The van der Waals surface area contributed by atoms with Crippen molar-refractivity contribution >= 4 is 21.7 Å². The molecule has 1 fully saturated rings. The Kier molecular flexibility index (Phi) is 4.48. The smallest absolute Gasteiger partial charge is 0.303 e. The number of carbonyl (C=O) groups is 1. The van der Waals surface area contributed by atoms with Crippen molar-refractivity contribution in [1.29, 1.82) is 0 Å². The van der Waals surface area contributed by atoms with E-state index in [0.717, 1.165) is 12.5 Å². The first-order valence-corrected chi connectivity index (χ1v) is 8.11. The van der Waals surface area contributed by atoms with Crippen LogP contribution in [0.4, 0.5) is 10.1 Å². The maximum absolute atomic E-state index is 14.0. The van der Waals surface area contributed by atoms with Gasteiger partial charge in [-0.3, -0.25) is 4.79 Å². The van der Waals surface area contributed by atoms with Crippen LogP contribution in [-0.4, -0.2) is 32.6 Å². The number of carboxylic acid groups (broad SMARTS) is 1. The summed E-state index contributed by atoms with van der Waals surface area (Å²) in [6.45, 7) is 1.19. The molecule has 21 heavy (non-hydrogen) atoms. The summed E-state index contributed by atoms with van der Waals surface area (Å²) >= 11 is 0. The number of halogens is 1. The van der Waals surface area contributed by atoms with Gasteiger partial charge in [0.05, 0.1) is 10.6 Å². The minimum Gasteiger partial charge on any atom is -0.481 e. The van der Waals surface area contributed by atoms with Gasteiger partial charge in [0.1, 0.15) is 5.82 Å². The van der Waals surface area contributed by atoms with Crippen molar-refractivity contribution in [3.05, 3.63) is 24.0 Å². The van der Waals surface area contributed by atoms with Crippen LogP contribution in [-0.2, 0) is 14.8 Å². The number of aliphatic carboxylic acids is 1. The van der Waals surface area contributed by atoms with E-state index in [1.54, 1.807) is 4.90 Å². The van der Waals surface area contributed by atoms with Gasteiger partial charge in [-0.2, -0.15) is 0 Å². The van der Waals surface area contributed by atoms with E-state index in [1.807, 2.05) is 0 Å². The van der Waals surface area contributed by atoms with E-state index in [0.29, 0.717) is 25.2 Å². The quantitative estimate of drug-likeness (QED) is 0.849. The third kappa shape index (κ3) is 3.92. The zero-order chi connectivity index (χ0) is 15.6. The molecule has 8 heteroatoms. The molecule has 1 aliphatic heterocycles. The van der Waals surface area contributed by atoms with Gasteiger partial charge in [0.2, 0.25) is 10.0 Å². The van der Waals surface area contributed by atoms with Crippen molar-refractivity contribution in [3.8, 4) is 0 Å². The highest BCUT2D eigenvalue weighted by Crippen LogP contribution is 2.29. The molecule has 0 radical (unpaired) electrons. The Hall–Kier alpha value is -1.67. The lowest BCUT2D eigenvalue weighted by atomic mass is 10.0. The molecule has 116 valence electrons. The number of hydrogen-bond donors (Lipinski definition) is 2. The number of primary sulfonamides is 1. The summed E-state index contributed by atoms with van der Waals surface area (Å²) in [5.74, 6) is -1.27. The van der Waals surface area contributed by atoms with Crippen molar-refractivity contribution in [2.75, 3.05) is 18.0 Å². The van der Waals surface area contributed by atoms with E-state index < -0.39 is 21.8 Å². The summed E-state index contributed by atoms with van der Waals surface area (Å²) in [6, 6.07) is 3.59. The van der Waals surface area contributed by atoms with Crippen LogP contribution >= 0.6 is 0 Å². The molecule has 0 spiro atoms. The predicted octanol–water partition coefficient (Wildman–Crippen LogP) is 1.16. The molecule has 3 N–H and O–H groups in total. The molecule has 1 aliphatic rings. The molecule has 2 rings (SSSR count). The summed E-state index contributed by atoms with van der Waals surface area (Å²) in [7, 11) is -3.92. The fourth-order valence-corrected chi connectivity index (χ4v) is 3.06. The van der Waals surface area contributed by atoms with E-state index in [4.69, 9.17) is 10.2 Å². The second-order valence-corrected chi connectivity index (χ2v) is 6.75. The number of sulfonamides is 1. The van der Waals surface area contributed by atoms with Gasteiger partial charge in [0.15, 0.2) is 0 Å². The lowest BCUT2D eigenvalue weighted by molar-refractivity contribution is -0.137. The van der Waals surface area contributed by atoms with Crippen LogP contribution in [0.15, 0.2) is 23.1 Å². The van der Waals surface area contributed by atoms with E-state index in [1.165, 1.54) is 12.1 Å². The third-order valence-electron chi connectivity index (χ3n) is 3.64. The molecule has 1 aromatic carbocycles. The van der Waals surface area contributed by atoms with Crippen molar-refractivity contribution in [3.63, 3.8) is 0 Å². The number of nitrogens with zero attached hydrogens (tertiary/aromatic N) is 1. The largest absolute Gasteiger partial charge is 0.481 e. The molecular formula is C13H17FN2O4S. The SMILES string of the molecule is NS(=O)(=O)c1ccc(N2CCC(CCC(=O)O)C2)c(F)c1. The first-order chi connectivity index (χ1) is 9.77. The highest BCUT2D eigenvalue weighted by Gasteiger charge is 2.25. The Morgan fingerprint density at radius 3 is 2.76 bits per heavy atom. The number of hydrogen-bond acceptors (Lipinski definition) is 4. The summed E-state index contributed by atoms with van der Waals surface area (Å²) in [5.41, 5.74) is 0.320. The van der Waals surface area contributed by atoms with Gasteiger partial charge in [0, 0.05) is 19.5 Å². The van der Waals surface area contributed by atoms with Crippen LogP contribution in [0.1, 0.15) is 19.3 Å². The van der Waals surface area contributed by atoms with Crippen LogP contribution in [0.5, 0.6) is 0 Å². The number of rotatable bonds is 5. The average molecular weight is 316 g/mol. The topological polar surface area (TPSA) is 101 Å². The number of carboxylic acids is 1. The first kappa shape index (κ1) is 15.7. The highest BCUT2D eigenvalue weighted by molar-refractivity contribution is 7.89. The van der Waals surface area contributed by atoms with E-state index in [9.17, 15) is 17.6 Å². The fraction of sp³-hybridized carbons (Fsp3) is 0.462. The Morgan fingerprint density at radius 1 is 1.48 bits per heavy atom. The summed E-state index contributed by atoms with van der Waals surface area (Å²) in [5, 5.41) is 13.6.